The number of fused-ring (bicyclic) bond motifs is 1. The third-order valence-electron chi connectivity index (χ3n) is 3.95. The minimum absolute atomic E-state index is 0.0648. The zero-order valence-corrected chi connectivity index (χ0v) is 14.8. The minimum Gasteiger partial charge on any atom is -0.370 e. The fraction of sp³-hybridized carbons (Fsp3) is 0.222. The van der Waals surface area contributed by atoms with E-state index in [4.69, 9.17) is 5.73 Å². The Hall–Kier alpha value is -3.00. The number of nitrogens with two attached hydrogens (primary N) is 1. The van der Waals surface area contributed by atoms with E-state index in [9.17, 15) is 14.4 Å². The number of amides is 2. The first-order valence-corrected chi connectivity index (χ1v) is 8.95. The standard InChI is InChI=1S/C18H18N4O3S/c19-15(23)6-8-21(10-13-4-2-1-3-5-13)16(24)11-22-12-20-17-14(18(22)25)7-9-26-17/h1-5,7,9,12H,6,8,10-11H2,(H2,19,23). The summed E-state index contributed by atoms with van der Waals surface area (Å²) in [4.78, 5) is 42.7. The van der Waals surface area contributed by atoms with Crippen molar-refractivity contribution in [2.75, 3.05) is 6.54 Å². The number of hydrogen-bond donors (Lipinski definition) is 1. The summed E-state index contributed by atoms with van der Waals surface area (Å²) in [5.74, 6) is -0.747. The maximum atomic E-state index is 12.7. The van der Waals surface area contributed by atoms with Crippen molar-refractivity contribution >= 4 is 33.4 Å². The highest BCUT2D eigenvalue weighted by molar-refractivity contribution is 7.16. The Morgan fingerprint density at radius 3 is 2.69 bits per heavy atom. The third-order valence-corrected chi connectivity index (χ3v) is 4.77. The smallest absolute Gasteiger partial charge is 0.262 e. The first-order chi connectivity index (χ1) is 12.5. The molecule has 0 saturated carbocycles. The van der Waals surface area contributed by atoms with Gasteiger partial charge in [-0.05, 0) is 17.0 Å². The van der Waals surface area contributed by atoms with Crippen LogP contribution in [0, 0.1) is 0 Å². The number of primary amides is 1. The first-order valence-electron chi connectivity index (χ1n) is 8.07. The van der Waals surface area contributed by atoms with Crippen LogP contribution in [0.5, 0.6) is 0 Å². The van der Waals surface area contributed by atoms with Crippen LogP contribution in [-0.2, 0) is 22.7 Å². The van der Waals surface area contributed by atoms with E-state index in [1.165, 1.54) is 27.1 Å². The van der Waals surface area contributed by atoms with Gasteiger partial charge in [-0.25, -0.2) is 4.98 Å². The van der Waals surface area contributed by atoms with E-state index < -0.39 is 5.91 Å². The zero-order valence-electron chi connectivity index (χ0n) is 14.0. The van der Waals surface area contributed by atoms with Crippen molar-refractivity contribution in [3.05, 3.63) is 64.0 Å². The largest absolute Gasteiger partial charge is 0.370 e. The van der Waals surface area contributed by atoms with Gasteiger partial charge in [-0.2, -0.15) is 0 Å². The van der Waals surface area contributed by atoms with Gasteiger partial charge in [0.25, 0.3) is 5.56 Å². The number of hydrogen-bond acceptors (Lipinski definition) is 5. The summed E-state index contributed by atoms with van der Waals surface area (Å²) in [6.45, 7) is 0.408. The predicted octanol–water partition coefficient (Wildman–Crippen LogP) is 1.36. The van der Waals surface area contributed by atoms with Gasteiger partial charge < -0.3 is 10.6 Å². The second kappa shape index (κ2) is 7.92. The quantitative estimate of drug-likeness (QED) is 0.679. The Kier molecular flexibility index (Phi) is 5.43. The second-order valence-corrected chi connectivity index (χ2v) is 6.73. The van der Waals surface area contributed by atoms with E-state index >= 15 is 0 Å². The monoisotopic (exact) mass is 370 g/mol. The lowest BCUT2D eigenvalue weighted by Gasteiger charge is -2.22. The van der Waals surface area contributed by atoms with E-state index in [0.29, 0.717) is 16.8 Å². The highest BCUT2D eigenvalue weighted by Crippen LogP contribution is 2.13. The average Bonchev–Trinajstić information content (AvgIpc) is 3.11. The minimum atomic E-state index is -0.477. The molecule has 3 aromatic rings. The summed E-state index contributed by atoms with van der Waals surface area (Å²) in [6, 6.07) is 11.1. The van der Waals surface area contributed by atoms with Crippen molar-refractivity contribution in [3.8, 4) is 0 Å². The Balaban J connectivity index is 1.80. The normalized spacial score (nSPS) is 10.8. The molecule has 0 atom stereocenters. The second-order valence-electron chi connectivity index (χ2n) is 5.83. The highest BCUT2D eigenvalue weighted by Gasteiger charge is 2.17. The van der Waals surface area contributed by atoms with Gasteiger partial charge in [0.2, 0.25) is 11.8 Å². The van der Waals surface area contributed by atoms with Crippen LogP contribution in [0.25, 0.3) is 10.2 Å². The van der Waals surface area contributed by atoms with Crippen molar-refractivity contribution in [3.63, 3.8) is 0 Å². The van der Waals surface area contributed by atoms with Crippen LogP contribution in [0.3, 0.4) is 0 Å². The maximum absolute atomic E-state index is 12.7. The molecule has 0 fully saturated rings. The summed E-state index contributed by atoms with van der Waals surface area (Å²) in [7, 11) is 0. The number of carbonyl (C=O) groups is 2. The van der Waals surface area contributed by atoms with Crippen molar-refractivity contribution < 1.29 is 9.59 Å². The summed E-state index contributed by atoms with van der Waals surface area (Å²) in [5, 5.41) is 2.29. The van der Waals surface area contributed by atoms with E-state index in [1.807, 2.05) is 30.3 Å². The van der Waals surface area contributed by atoms with E-state index in [2.05, 4.69) is 4.98 Å². The lowest BCUT2D eigenvalue weighted by Crippen LogP contribution is -2.38. The number of rotatable bonds is 7. The first kappa shape index (κ1) is 17.8. The SMILES string of the molecule is NC(=O)CCN(Cc1ccccc1)C(=O)Cn1cnc2sccc2c1=O. The molecule has 7 nitrogen and oxygen atoms in total. The summed E-state index contributed by atoms with van der Waals surface area (Å²) >= 11 is 1.38. The van der Waals surface area contributed by atoms with Crippen molar-refractivity contribution in [1.82, 2.24) is 14.5 Å². The van der Waals surface area contributed by atoms with Crippen LogP contribution in [0.15, 0.2) is 52.9 Å². The molecule has 134 valence electrons. The molecule has 0 aliphatic carbocycles. The summed E-state index contributed by atoms with van der Waals surface area (Å²) < 4.78 is 1.29. The van der Waals surface area contributed by atoms with Crippen LogP contribution in [-0.4, -0.2) is 32.8 Å². The fourth-order valence-corrected chi connectivity index (χ4v) is 3.32. The van der Waals surface area contributed by atoms with Gasteiger partial charge >= 0.3 is 0 Å². The van der Waals surface area contributed by atoms with Crippen molar-refractivity contribution in [1.29, 1.82) is 0 Å². The Morgan fingerprint density at radius 1 is 1.19 bits per heavy atom. The molecule has 1 aromatic carbocycles. The number of thiophene rings is 1. The fourth-order valence-electron chi connectivity index (χ4n) is 2.59. The molecule has 0 unspecified atom stereocenters. The molecular weight excluding hydrogens is 352 g/mol. The van der Waals surface area contributed by atoms with Gasteiger partial charge in [0, 0.05) is 19.5 Å². The summed E-state index contributed by atoms with van der Waals surface area (Å²) in [5.41, 5.74) is 5.90. The molecule has 0 aliphatic rings. The van der Waals surface area contributed by atoms with Gasteiger partial charge in [-0.15, -0.1) is 11.3 Å². The van der Waals surface area contributed by atoms with Crippen molar-refractivity contribution in [2.45, 2.75) is 19.5 Å². The molecule has 3 rings (SSSR count). The van der Waals surface area contributed by atoms with Crippen molar-refractivity contribution in [2.24, 2.45) is 5.73 Å². The highest BCUT2D eigenvalue weighted by atomic mass is 32.1. The van der Waals surface area contributed by atoms with Crippen LogP contribution >= 0.6 is 11.3 Å². The van der Waals surface area contributed by atoms with Crippen LogP contribution in [0.2, 0.25) is 0 Å². The molecular formula is C18H18N4O3S. The lowest BCUT2D eigenvalue weighted by molar-refractivity contribution is -0.133. The zero-order chi connectivity index (χ0) is 18.5. The van der Waals surface area contributed by atoms with Crippen LogP contribution in [0.4, 0.5) is 0 Å². The van der Waals surface area contributed by atoms with E-state index in [-0.39, 0.29) is 31.0 Å². The molecule has 0 radical (unpaired) electrons. The number of benzene rings is 1. The van der Waals surface area contributed by atoms with Crippen LogP contribution in [0.1, 0.15) is 12.0 Å². The molecule has 2 heterocycles. The van der Waals surface area contributed by atoms with Gasteiger partial charge in [0.15, 0.2) is 0 Å². The average molecular weight is 370 g/mol. The lowest BCUT2D eigenvalue weighted by atomic mass is 10.2. The van der Waals surface area contributed by atoms with Gasteiger partial charge in [-0.3, -0.25) is 19.0 Å². The summed E-state index contributed by atoms with van der Waals surface area (Å²) in [6.07, 6.45) is 1.45. The number of carbonyl (C=O) groups excluding carboxylic acids is 2. The Bertz CT molecular complexity index is 981. The van der Waals surface area contributed by atoms with Gasteiger partial charge in [0.05, 0.1) is 11.7 Å². The van der Waals surface area contributed by atoms with Gasteiger partial charge in [-0.1, -0.05) is 30.3 Å². The molecule has 8 heteroatoms. The molecule has 26 heavy (non-hydrogen) atoms. The molecule has 0 saturated heterocycles. The van der Waals surface area contributed by atoms with Gasteiger partial charge in [0.1, 0.15) is 11.4 Å². The molecule has 2 aromatic heterocycles. The topological polar surface area (TPSA) is 98.3 Å². The van der Waals surface area contributed by atoms with Crippen LogP contribution < -0.4 is 11.3 Å². The molecule has 0 bridgehead atoms. The number of nitrogens with zero attached hydrogens (tertiary/aromatic N) is 3. The molecule has 0 aliphatic heterocycles. The van der Waals surface area contributed by atoms with E-state index in [1.54, 1.807) is 11.4 Å². The Morgan fingerprint density at radius 2 is 1.96 bits per heavy atom. The molecule has 0 spiro atoms. The Labute approximate surface area is 153 Å². The molecule has 2 N–H and O–H groups in total. The van der Waals surface area contributed by atoms with E-state index in [0.717, 1.165) is 5.56 Å². The third kappa shape index (κ3) is 4.15. The molecule has 2 amide bonds. The maximum Gasteiger partial charge on any atom is 0.262 e. The number of aromatic nitrogens is 2. The predicted molar refractivity (Wildman–Crippen MR) is 99.6 cm³/mol.